The summed E-state index contributed by atoms with van der Waals surface area (Å²) in [5, 5.41) is 2.91. The maximum atomic E-state index is 12.6. The molecule has 0 unspecified atom stereocenters. The zero-order chi connectivity index (χ0) is 22.9. The Hall–Kier alpha value is -2.91. The van der Waals surface area contributed by atoms with Crippen molar-refractivity contribution in [2.45, 2.75) is 19.6 Å². The van der Waals surface area contributed by atoms with E-state index in [0.29, 0.717) is 19.5 Å². The molecule has 1 saturated heterocycles. The van der Waals surface area contributed by atoms with Crippen molar-refractivity contribution in [3.05, 3.63) is 48.0 Å². The van der Waals surface area contributed by atoms with Crippen LogP contribution >= 0.6 is 0 Å². The number of amides is 1. The van der Waals surface area contributed by atoms with Crippen molar-refractivity contribution in [2.75, 3.05) is 57.2 Å². The third kappa shape index (κ3) is 7.06. The van der Waals surface area contributed by atoms with Gasteiger partial charge in [0.2, 0.25) is 5.91 Å². The van der Waals surface area contributed by atoms with Crippen LogP contribution in [0.4, 0.5) is 20.2 Å². The molecule has 0 aromatic heterocycles. The van der Waals surface area contributed by atoms with Gasteiger partial charge in [-0.15, -0.1) is 0 Å². The van der Waals surface area contributed by atoms with Gasteiger partial charge in [0.1, 0.15) is 0 Å². The maximum Gasteiger partial charge on any atom is 0.387 e. The standard InChI is InChI=1S/C23H29F2N3O4/c1-27(16-17-3-8-20(30-2)21(15-17)32-23(24)25)10-9-22(29)26-18-4-6-19(7-5-18)28-11-13-31-14-12-28/h3-8,15,23H,9-14,16H2,1-2H3,(H,26,29). The third-order valence-corrected chi connectivity index (χ3v) is 5.14. The minimum Gasteiger partial charge on any atom is -0.493 e. The Morgan fingerprint density at radius 1 is 1.16 bits per heavy atom. The van der Waals surface area contributed by atoms with Crippen molar-refractivity contribution in [3.63, 3.8) is 0 Å². The lowest BCUT2D eigenvalue weighted by molar-refractivity contribution is -0.116. The highest BCUT2D eigenvalue weighted by atomic mass is 19.3. The summed E-state index contributed by atoms with van der Waals surface area (Å²) in [6.45, 7) is 1.24. The molecular weight excluding hydrogens is 420 g/mol. The summed E-state index contributed by atoms with van der Waals surface area (Å²) in [7, 11) is 3.26. The van der Waals surface area contributed by atoms with Gasteiger partial charge in [-0.3, -0.25) is 4.79 Å². The topological polar surface area (TPSA) is 63.3 Å². The highest BCUT2D eigenvalue weighted by molar-refractivity contribution is 5.91. The number of methoxy groups -OCH3 is 1. The number of carbonyl (C=O) groups is 1. The van der Waals surface area contributed by atoms with Crippen LogP contribution in [0.25, 0.3) is 0 Å². The molecule has 0 atom stereocenters. The Morgan fingerprint density at radius 2 is 1.88 bits per heavy atom. The molecule has 0 saturated carbocycles. The van der Waals surface area contributed by atoms with E-state index < -0.39 is 6.61 Å². The first-order chi connectivity index (χ1) is 15.4. The lowest BCUT2D eigenvalue weighted by atomic mass is 10.2. The highest BCUT2D eigenvalue weighted by Crippen LogP contribution is 2.30. The van der Waals surface area contributed by atoms with Gasteiger partial charge in [-0.05, 0) is 49.0 Å². The fourth-order valence-corrected chi connectivity index (χ4v) is 3.49. The molecule has 0 radical (unpaired) electrons. The second kappa shape index (κ2) is 11.6. The van der Waals surface area contributed by atoms with Crippen molar-refractivity contribution in [2.24, 2.45) is 0 Å². The van der Waals surface area contributed by atoms with Gasteiger partial charge >= 0.3 is 6.61 Å². The normalized spacial score (nSPS) is 14.0. The Morgan fingerprint density at radius 3 is 2.53 bits per heavy atom. The smallest absolute Gasteiger partial charge is 0.387 e. The van der Waals surface area contributed by atoms with Gasteiger partial charge in [-0.2, -0.15) is 8.78 Å². The summed E-state index contributed by atoms with van der Waals surface area (Å²) in [5.74, 6) is 0.148. The van der Waals surface area contributed by atoms with E-state index in [0.717, 1.165) is 43.2 Å². The first-order valence-corrected chi connectivity index (χ1v) is 10.5. The molecule has 7 nitrogen and oxygen atoms in total. The SMILES string of the molecule is COc1ccc(CN(C)CCC(=O)Nc2ccc(N3CCOCC3)cc2)cc1OC(F)F. The van der Waals surface area contributed by atoms with Crippen LogP contribution in [0.3, 0.4) is 0 Å². The summed E-state index contributed by atoms with van der Waals surface area (Å²) in [6.07, 6.45) is 0.304. The second-order valence-electron chi connectivity index (χ2n) is 7.55. The molecule has 1 heterocycles. The number of benzene rings is 2. The van der Waals surface area contributed by atoms with Crippen molar-refractivity contribution in [1.29, 1.82) is 0 Å². The van der Waals surface area contributed by atoms with Crippen LogP contribution in [0, 0.1) is 0 Å². The molecule has 3 rings (SSSR count). The minimum atomic E-state index is -2.93. The number of carbonyl (C=O) groups excluding carboxylic acids is 1. The molecule has 2 aromatic rings. The number of ether oxygens (including phenoxy) is 3. The van der Waals surface area contributed by atoms with Crippen molar-refractivity contribution < 1.29 is 27.8 Å². The molecular formula is C23H29F2N3O4. The molecule has 1 fully saturated rings. The minimum absolute atomic E-state index is 0.00771. The van der Waals surface area contributed by atoms with E-state index in [2.05, 4.69) is 15.0 Å². The van der Waals surface area contributed by atoms with Crippen LogP contribution in [0.2, 0.25) is 0 Å². The Kier molecular flexibility index (Phi) is 8.64. The fraction of sp³-hybridized carbons (Fsp3) is 0.435. The predicted octanol–water partition coefficient (Wildman–Crippen LogP) is 3.59. The highest BCUT2D eigenvalue weighted by Gasteiger charge is 2.14. The van der Waals surface area contributed by atoms with Crippen molar-refractivity contribution in [1.82, 2.24) is 4.90 Å². The number of rotatable bonds is 10. The first-order valence-electron chi connectivity index (χ1n) is 10.5. The Balaban J connectivity index is 1.46. The van der Waals surface area contributed by atoms with Crippen LogP contribution in [-0.4, -0.2) is 64.4 Å². The zero-order valence-corrected chi connectivity index (χ0v) is 18.4. The molecule has 0 aliphatic carbocycles. The van der Waals surface area contributed by atoms with Gasteiger partial charge in [-0.25, -0.2) is 0 Å². The molecule has 2 aromatic carbocycles. The van der Waals surface area contributed by atoms with E-state index >= 15 is 0 Å². The summed E-state index contributed by atoms with van der Waals surface area (Å²) in [6, 6.07) is 12.7. The van der Waals surface area contributed by atoms with Gasteiger partial charge < -0.3 is 29.3 Å². The molecule has 1 amide bonds. The van der Waals surface area contributed by atoms with Gasteiger partial charge in [0.25, 0.3) is 0 Å². The van der Waals surface area contributed by atoms with Crippen LogP contribution in [-0.2, 0) is 16.1 Å². The van der Waals surface area contributed by atoms with Crippen LogP contribution in [0.15, 0.2) is 42.5 Å². The van der Waals surface area contributed by atoms with Crippen molar-refractivity contribution in [3.8, 4) is 11.5 Å². The molecule has 1 N–H and O–H groups in total. The zero-order valence-electron chi connectivity index (χ0n) is 18.4. The molecule has 174 valence electrons. The lowest BCUT2D eigenvalue weighted by Crippen LogP contribution is -2.36. The second-order valence-corrected chi connectivity index (χ2v) is 7.55. The monoisotopic (exact) mass is 449 g/mol. The van der Waals surface area contributed by atoms with Crippen LogP contribution in [0.1, 0.15) is 12.0 Å². The molecule has 0 spiro atoms. The quantitative estimate of drug-likeness (QED) is 0.598. The fourth-order valence-electron chi connectivity index (χ4n) is 3.49. The number of nitrogens with one attached hydrogen (secondary N) is 1. The number of morpholine rings is 1. The first kappa shape index (κ1) is 23.7. The molecule has 1 aliphatic rings. The van der Waals surface area contributed by atoms with Crippen LogP contribution in [0.5, 0.6) is 11.5 Å². The van der Waals surface area contributed by atoms with E-state index in [1.807, 2.05) is 36.2 Å². The number of anilines is 2. The maximum absolute atomic E-state index is 12.6. The molecule has 0 bridgehead atoms. The number of hydrogen-bond acceptors (Lipinski definition) is 6. The largest absolute Gasteiger partial charge is 0.493 e. The van der Waals surface area contributed by atoms with Gasteiger partial charge in [0.05, 0.1) is 20.3 Å². The summed E-state index contributed by atoms with van der Waals surface area (Å²) in [4.78, 5) is 16.5. The Bertz CT molecular complexity index is 874. The van der Waals surface area contributed by atoms with E-state index in [4.69, 9.17) is 9.47 Å². The number of nitrogens with zero attached hydrogens (tertiary/aromatic N) is 2. The summed E-state index contributed by atoms with van der Waals surface area (Å²) in [5.41, 5.74) is 2.64. The third-order valence-electron chi connectivity index (χ3n) is 5.14. The average molecular weight is 449 g/mol. The summed E-state index contributed by atoms with van der Waals surface area (Å²) < 4.78 is 40.1. The van der Waals surface area contributed by atoms with Gasteiger partial charge in [0, 0.05) is 44.0 Å². The van der Waals surface area contributed by atoms with E-state index in [1.54, 1.807) is 12.1 Å². The lowest BCUT2D eigenvalue weighted by Gasteiger charge is -2.28. The molecule has 1 aliphatic heterocycles. The van der Waals surface area contributed by atoms with Gasteiger partial charge in [0.15, 0.2) is 11.5 Å². The van der Waals surface area contributed by atoms with E-state index in [1.165, 1.54) is 13.2 Å². The van der Waals surface area contributed by atoms with Crippen LogP contribution < -0.4 is 19.7 Å². The average Bonchev–Trinajstić information content (AvgIpc) is 2.79. The predicted molar refractivity (Wildman–Crippen MR) is 119 cm³/mol. The number of halogens is 2. The number of hydrogen-bond donors (Lipinski definition) is 1. The van der Waals surface area contributed by atoms with E-state index in [-0.39, 0.29) is 17.4 Å². The molecule has 9 heteroatoms. The van der Waals surface area contributed by atoms with Crippen molar-refractivity contribution >= 4 is 17.3 Å². The Labute approximate surface area is 186 Å². The summed E-state index contributed by atoms with van der Waals surface area (Å²) >= 11 is 0. The van der Waals surface area contributed by atoms with Gasteiger partial charge in [-0.1, -0.05) is 6.07 Å². The number of alkyl halides is 2. The van der Waals surface area contributed by atoms with E-state index in [9.17, 15) is 13.6 Å². The molecule has 32 heavy (non-hydrogen) atoms.